The van der Waals surface area contributed by atoms with Crippen LogP contribution in [0.25, 0.3) is 0 Å². The van der Waals surface area contributed by atoms with Crippen LogP contribution in [0, 0.1) is 11.3 Å². The fraction of sp³-hybridized carbons (Fsp3) is 0. The summed E-state index contributed by atoms with van der Waals surface area (Å²) in [4.78, 5) is 7.74. The van der Waals surface area contributed by atoms with Crippen LogP contribution in [0.1, 0.15) is 5.56 Å². The third-order valence-electron chi connectivity index (χ3n) is 2.53. The largest absolute Gasteiger partial charge is 0.455 e. The number of nitrogens with two attached hydrogens (primary N) is 3. The van der Waals surface area contributed by atoms with Crippen LogP contribution in [-0.2, 0) is 0 Å². The van der Waals surface area contributed by atoms with E-state index >= 15 is 0 Å². The SMILES string of the molecule is N#Cc1cccc(Oc2ccccc2N=C(N)N=C(N)N)c1. The van der Waals surface area contributed by atoms with Crippen LogP contribution in [0.5, 0.6) is 11.5 Å². The van der Waals surface area contributed by atoms with Crippen molar-refractivity contribution in [3.8, 4) is 17.6 Å². The Balaban J connectivity index is 2.33. The Hall–Kier alpha value is -3.53. The topological polar surface area (TPSA) is 136 Å². The number of aliphatic imine (C=N–C) groups is 2. The van der Waals surface area contributed by atoms with E-state index in [1.54, 1.807) is 48.5 Å². The number of rotatable bonds is 3. The predicted octanol–water partition coefficient (Wildman–Crippen LogP) is 1.57. The molecule has 2 aromatic carbocycles. The smallest absolute Gasteiger partial charge is 0.223 e. The summed E-state index contributed by atoms with van der Waals surface area (Å²) < 4.78 is 5.73. The van der Waals surface area contributed by atoms with Crippen LogP contribution in [-0.4, -0.2) is 11.9 Å². The van der Waals surface area contributed by atoms with Crippen LogP contribution < -0.4 is 21.9 Å². The van der Waals surface area contributed by atoms with Crippen molar-refractivity contribution in [2.24, 2.45) is 27.2 Å². The highest BCUT2D eigenvalue weighted by molar-refractivity contribution is 5.93. The average molecular weight is 294 g/mol. The Kier molecular flexibility index (Phi) is 4.57. The van der Waals surface area contributed by atoms with E-state index in [2.05, 4.69) is 9.98 Å². The fourth-order valence-electron chi connectivity index (χ4n) is 1.67. The van der Waals surface area contributed by atoms with Crippen molar-refractivity contribution < 1.29 is 4.74 Å². The number of nitriles is 1. The van der Waals surface area contributed by atoms with Gasteiger partial charge < -0.3 is 21.9 Å². The molecule has 2 aromatic rings. The van der Waals surface area contributed by atoms with Gasteiger partial charge >= 0.3 is 0 Å². The first-order chi connectivity index (χ1) is 10.6. The van der Waals surface area contributed by atoms with Gasteiger partial charge in [0, 0.05) is 0 Å². The molecular formula is C15H14N6O. The molecule has 0 atom stereocenters. The number of para-hydroxylation sites is 2. The van der Waals surface area contributed by atoms with Crippen molar-refractivity contribution in [2.75, 3.05) is 0 Å². The van der Waals surface area contributed by atoms with E-state index in [-0.39, 0.29) is 11.9 Å². The Morgan fingerprint density at radius 3 is 2.55 bits per heavy atom. The van der Waals surface area contributed by atoms with Crippen molar-refractivity contribution in [3.63, 3.8) is 0 Å². The summed E-state index contributed by atoms with van der Waals surface area (Å²) in [7, 11) is 0. The van der Waals surface area contributed by atoms with Gasteiger partial charge in [-0.1, -0.05) is 18.2 Å². The minimum atomic E-state index is -0.179. The van der Waals surface area contributed by atoms with Gasteiger partial charge in [-0.2, -0.15) is 10.3 Å². The third kappa shape index (κ3) is 3.98. The third-order valence-corrected chi connectivity index (χ3v) is 2.53. The van der Waals surface area contributed by atoms with E-state index in [4.69, 9.17) is 27.2 Å². The Labute approximate surface area is 127 Å². The minimum Gasteiger partial charge on any atom is -0.455 e. The maximum atomic E-state index is 8.90. The summed E-state index contributed by atoms with van der Waals surface area (Å²) in [6.07, 6.45) is 0. The number of hydrogen-bond donors (Lipinski definition) is 3. The van der Waals surface area contributed by atoms with Crippen LogP contribution in [0.15, 0.2) is 58.5 Å². The molecule has 0 spiro atoms. The van der Waals surface area contributed by atoms with Crippen molar-refractivity contribution in [1.82, 2.24) is 0 Å². The van der Waals surface area contributed by atoms with Crippen LogP contribution in [0.3, 0.4) is 0 Å². The standard InChI is InChI=1S/C15H14N6O/c16-9-10-4-3-5-11(8-10)22-13-7-2-1-6-12(13)20-15(19)21-14(17)18/h1-8H,(H6,17,18,19,20,21). The van der Waals surface area contributed by atoms with Crippen LogP contribution >= 0.6 is 0 Å². The van der Waals surface area contributed by atoms with E-state index in [0.29, 0.717) is 22.7 Å². The summed E-state index contributed by atoms with van der Waals surface area (Å²) in [5.41, 5.74) is 17.1. The van der Waals surface area contributed by atoms with Gasteiger partial charge in [0.1, 0.15) is 11.4 Å². The van der Waals surface area contributed by atoms with Crippen molar-refractivity contribution >= 4 is 17.6 Å². The normalized spacial score (nSPS) is 10.6. The Morgan fingerprint density at radius 2 is 1.82 bits per heavy atom. The number of nitrogens with zero attached hydrogens (tertiary/aromatic N) is 3. The molecule has 110 valence electrons. The number of hydrogen-bond acceptors (Lipinski definition) is 3. The Morgan fingerprint density at radius 1 is 1.05 bits per heavy atom. The van der Waals surface area contributed by atoms with Crippen molar-refractivity contribution in [3.05, 3.63) is 54.1 Å². The fourth-order valence-corrected chi connectivity index (χ4v) is 1.67. The first-order valence-electron chi connectivity index (χ1n) is 6.29. The van der Waals surface area contributed by atoms with Gasteiger partial charge in [0.05, 0.1) is 11.6 Å². The highest BCUT2D eigenvalue weighted by Crippen LogP contribution is 2.31. The molecule has 0 fully saturated rings. The maximum Gasteiger partial charge on any atom is 0.223 e. The zero-order valence-electron chi connectivity index (χ0n) is 11.6. The summed E-state index contributed by atoms with van der Waals surface area (Å²) in [5.74, 6) is 0.719. The number of benzene rings is 2. The second kappa shape index (κ2) is 6.76. The van der Waals surface area contributed by atoms with Gasteiger partial charge in [0.25, 0.3) is 0 Å². The molecule has 22 heavy (non-hydrogen) atoms. The monoisotopic (exact) mass is 294 g/mol. The lowest BCUT2D eigenvalue weighted by Crippen LogP contribution is -2.26. The molecule has 0 aliphatic carbocycles. The molecule has 7 heteroatoms. The van der Waals surface area contributed by atoms with Gasteiger partial charge in [-0.25, -0.2) is 4.99 Å². The molecule has 2 rings (SSSR count). The van der Waals surface area contributed by atoms with Gasteiger partial charge in [0.15, 0.2) is 11.7 Å². The first-order valence-corrected chi connectivity index (χ1v) is 6.29. The van der Waals surface area contributed by atoms with Crippen molar-refractivity contribution in [2.45, 2.75) is 0 Å². The number of guanidine groups is 2. The molecule has 0 aromatic heterocycles. The highest BCUT2D eigenvalue weighted by atomic mass is 16.5. The zero-order chi connectivity index (χ0) is 15.9. The Bertz CT molecular complexity index is 772. The van der Waals surface area contributed by atoms with Gasteiger partial charge in [-0.05, 0) is 30.3 Å². The van der Waals surface area contributed by atoms with E-state index < -0.39 is 0 Å². The summed E-state index contributed by atoms with van der Waals surface area (Å²) in [6, 6.07) is 15.8. The molecule has 0 bridgehead atoms. The zero-order valence-corrected chi connectivity index (χ0v) is 11.6. The molecular weight excluding hydrogens is 280 g/mol. The number of ether oxygens (including phenoxy) is 1. The van der Waals surface area contributed by atoms with Gasteiger partial charge in [-0.15, -0.1) is 0 Å². The molecule has 0 aliphatic rings. The van der Waals surface area contributed by atoms with Crippen LogP contribution in [0.4, 0.5) is 5.69 Å². The molecule has 7 nitrogen and oxygen atoms in total. The first kappa shape index (κ1) is 14.9. The van der Waals surface area contributed by atoms with Crippen LogP contribution in [0.2, 0.25) is 0 Å². The minimum absolute atomic E-state index is 0.0816. The molecule has 0 amide bonds. The molecule has 0 heterocycles. The maximum absolute atomic E-state index is 8.90. The lowest BCUT2D eigenvalue weighted by Gasteiger charge is -2.08. The van der Waals surface area contributed by atoms with E-state index in [0.717, 1.165) is 0 Å². The quantitative estimate of drug-likeness (QED) is 0.583. The molecule has 0 unspecified atom stereocenters. The lowest BCUT2D eigenvalue weighted by atomic mass is 10.2. The lowest BCUT2D eigenvalue weighted by molar-refractivity contribution is 0.484. The van der Waals surface area contributed by atoms with E-state index in [1.807, 2.05) is 6.07 Å². The van der Waals surface area contributed by atoms with E-state index in [1.165, 1.54) is 0 Å². The summed E-state index contributed by atoms with van der Waals surface area (Å²) in [6.45, 7) is 0. The van der Waals surface area contributed by atoms with Crippen molar-refractivity contribution in [1.29, 1.82) is 5.26 Å². The second-order valence-corrected chi connectivity index (χ2v) is 4.22. The summed E-state index contributed by atoms with van der Waals surface area (Å²) >= 11 is 0. The molecule has 6 N–H and O–H groups in total. The molecule has 0 saturated carbocycles. The second-order valence-electron chi connectivity index (χ2n) is 4.22. The molecule has 0 radical (unpaired) electrons. The average Bonchev–Trinajstić information content (AvgIpc) is 2.48. The van der Waals surface area contributed by atoms with E-state index in [9.17, 15) is 0 Å². The predicted molar refractivity (Wildman–Crippen MR) is 84.8 cm³/mol. The van der Waals surface area contributed by atoms with Gasteiger partial charge in [0.2, 0.25) is 5.96 Å². The molecule has 0 saturated heterocycles. The summed E-state index contributed by atoms with van der Waals surface area (Å²) in [5, 5.41) is 8.90. The highest BCUT2D eigenvalue weighted by Gasteiger charge is 2.05. The van der Waals surface area contributed by atoms with Gasteiger partial charge in [-0.3, -0.25) is 0 Å². The molecule has 0 aliphatic heterocycles.